The van der Waals surface area contributed by atoms with Gasteiger partial charge in [0.05, 0.1) is 22.4 Å². The van der Waals surface area contributed by atoms with Crippen LogP contribution in [0.2, 0.25) is 0 Å². The number of benzene rings is 5. The molecule has 5 rings (SSSR count). The van der Waals surface area contributed by atoms with Crippen molar-refractivity contribution in [1.29, 1.82) is 0 Å². The number of nitrogen functional groups attached to an aromatic ring is 1. The average molecular weight is 498 g/mol. The highest BCUT2D eigenvalue weighted by atomic mass is 32.2. The molecule has 0 spiro atoms. The first-order valence-electron chi connectivity index (χ1n) is 10.7. The number of rotatable bonds is 5. The Labute approximate surface area is 206 Å². The van der Waals surface area contributed by atoms with Crippen LogP contribution in [0.3, 0.4) is 0 Å². The van der Waals surface area contributed by atoms with E-state index in [9.17, 15) is 18.1 Å². The average Bonchev–Trinajstić information content (AvgIpc) is 2.87. The lowest BCUT2D eigenvalue weighted by atomic mass is 10.1. The van der Waals surface area contributed by atoms with Crippen molar-refractivity contribution in [2.45, 2.75) is 4.90 Å². The summed E-state index contributed by atoms with van der Waals surface area (Å²) in [6.45, 7) is 0. The zero-order valence-electron chi connectivity index (χ0n) is 18.6. The molecule has 0 fully saturated rings. The smallest absolute Gasteiger partial charge is 0.296 e. The predicted molar refractivity (Wildman–Crippen MR) is 139 cm³/mol. The van der Waals surface area contributed by atoms with Gasteiger partial charge in [0.25, 0.3) is 10.1 Å². The van der Waals surface area contributed by atoms with E-state index in [-0.39, 0.29) is 22.1 Å². The minimum absolute atomic E-state index is 0.0626. The summed E-state index contributed by atoms with van der Waals surface area (Å²) in [4.78, 5) is -0.600. The van der Waals surface area contributed by atoms with Gasteiger partial charge >= 0.3 is 0 Å². The molecule has 0 unspecified atom stereocenters. The van der Waals surface area contributed by atoms with Crippen LogP contribution >= 0.6 is 0 Å². The van der Waals surface area contributed by atoms with E-state index in [2.05, 4.69) is 20.5 Å². The molecule has 9 nitrogen and oxygen atoms in total. The highest BCUT2D eigenvalue weighted by Gasteiger charge is 2.24. The third-order valence-corrected chi connectivity index (χ3v) is 6.41. The lowest BCUT2D eigenvalue weighted by Crippen LogP contribution is -2.00. The maximum absolute atomic E-state index is 12.0. The molecular formula is C26H19N5O4S. The van der Waals surface area contributed by atoms with E-state index < -0.39 is 26.5 Å². The number of fused-ring (bicyclic) bond motifs is 2. The van der Waals surface area contributed by atoms with Gasteiger partial charge in [-0.1, -0.05) is 54.6 Å². The maximum Gasteiger partial charge on any atom is 0.296 e. The van der Waals surface area contributed by atoms with Gasteiger partial charge in [-0.25, -0.2) is 0 Å². The van der Waals surface area contributed by atoms with Gasteiger partial charge in [0.1, 0.15) is 16.3 Å². The van der Waals surface area contributed by atoms with Crippen molar-refractivity contribution in [3.05, 3.63) is 91.0 Å². The number of phenolic OH excluding ortho intramolecular Hbond substituents is 1. The number of aromatic hydroxyl groups is 1. The van der Waals surface area contributed by atoms with Crippen LogP contribution in [0, 0.1) is 0 Å². The Bertz CT molecular complexity index is 1790. The molecule has 5 aromatic rings. The third-order valence-electron chi connectivity index (χ3n) is 5.54. The molecule has 5 aromatic carbocycles. The largest absolute Gasteiger partial charge is 0.505 e. The van der Waals surface area contributed by atoms with Crippen molar-refractivity contribution in [3.8, 4) is 5.75 Å². The molecule has 36 heavy (non-hydrogen) atoms. The summed E-state index contributed by atoms with van der Waals surface area (Å²) in [5.74, 6) is -0.555. The van der Waals surface area contributed by atoms with Crippen molar-refractivity contribution in [2.24, 2.45) is 20.5 Å². The monoisotopic (exact) mass is 497 g/mol. The van der Waals surface area contributed by atoms with E-state index in [0.717, 1.165) is 10.8 Å². The number of nitrogens with two attached hydrogens (primary N) is 1. The molecule has 0 saturated heterocycles. The molecule has 0 bridgehead atoms. The van der Waals surface area contributed by atoms with E-state index >= 15 is 0 Å². The Balaban J connectivity index is 1.62. The van der Waals surface area contributed by atoms with Gasteiger partial charge in [-0.2, -0.15) is 18.6 Å². The lowest BCUT2D eigenvalue weighted by Gasteiger charge is -2.11. The minimum atomic E-state index is -4.74. The summed E-state index contributed by atoms with van der Waals surface area (Å²) in [7, 11) is -4.74. The van der Waals surface area contributed by atoms with Crippen LogP contribution in [0.1, 0.15) is 0 Å². The van der Waals surface area contributed by atoms with E-state index in [4.69, 9.17) is 5.73 Å². The highest BCUT2D eigenvalue weighted by Crippen LogP contribution is 2.46. The Morgan fingerprint density at radius 1 is 0.667 bits per heavy atom. The Hall–Kier alpha value is -4.67. The standard InChI is InChI=1S/C26H19N5O4S/c27-24-21(30-29-20-12-10-16-6-4-5-7-17(16)14-20)13-11-18-15-22(36(33,34)35)25(26(32)23(18)24)31-28-19-8-2-1-3-9-19/h1-15,32H,27H2,(H,33,34,35). The maximum atomic E-state index is 12.0. The Kier molecular flexibility index (Phi) is 5.88. The van der Waals surface area contributed by atoms with Crippen LogP contribution in [-0.2, 0) is 10.1 Å². The fourth-order valence-corrected chi connectivity index (χ4v) is 4.45. The quantitative estimate of drug-likeness (QED) is 0.132. The van der Waals surface area contributed by atoms with Crippen molar-refractivity contribution in [3.63, 3.8) is 0 Å². The SMILES string of the molecule is Nc1c(N=Nc2ccc3ccccc3c2)ccc2cc(S(=O)(=O)O)c(N=Nc3ccccc3)c(O)c12. The first-order valence-corrected chi connectivity index (χ1v) is 12.2. The first-order chi connectivity index (χ1) is 17.3. The van der Waals surface area contributed by atoms with Gasteiger partial charge < -0.3 is 10.8 Å². The summed E-state index contributed by atoms with van der Waals surface area (Å²) < 4.78 is 33.8. The van der Waals surface area contributed by atoms with Crippen LogP contribution in [0.5, 0.6) is 5.75 Å². The van der Waals surface area contributed by atoms with Gasteiger partial charge in [-0.05, 0) is 52.6 Å². The summed E-state index contributed by atoms with van der Waals surface area (Å²) >= 11 is 0. The van der Waals surface area contributed by atoms with E-state index in [1.165, 1.54) is 12.1 Å². The molecule has 0 radical (unpaired) electrons. The van der Waals surface area contributed by atoms with Crippen molar-refractivity contribution < 1.29 is 18.1 Å². The number of azo groups is 2. The Morgan fingerprint density at radius 3 is 2.08 bits per heavy atom. The molecule has 0 saturated carbocycles. The van der Waals surface area contributed by atoms with E-state index in [0.29, 0.717) is 11.4 Å². The molecule has 0 aliphatic heterocycles. The number of phenols is 1. The van der Waals surface area contributed by atoms with Gasteiger partial charge in [0.15, 0.2) is 5.75 Å². The van der Waals surface area contributed by atoms with Crippen molar-refractivity contribution in [2.75, 3.05) is 5.73 Å². The zero-order chi connectivity index (χ0) is 25.3. The summed E-state index contributed by atoms with van der Waals surface area (Å²) in [6, 6.07) is 26.2. The summed E-state index contributed by atoms with van der Waals surface area (Å²) in [5, 5.41) is 29.8. The fourth-order valence-electron chi connectivity index (χ4n) is 3.79. The van der Waals surface area contributed by atoms with Crippen LogP contribution in [0.15, 0.2) is 116 Å². The molecule has 0 aromatic heterocycles. The molecule has 0 aliphatic carbocycles. The molecule has 0 amide bonds. The molecular weight excluding hydrogens is 478 g/mol. The van der Waals surface area contributed by atoms with Crippen LogP contribution < -0.4 is 5.73 Å². The van der Waals surface area contributed by atoms with Gasteiger partial charge in [-0.15, -0.1) is 10.2 Å². The second kappa shape index (κ2) is 9.17. The normalized spacial score (nSPS) is 12.2. The summed E-state index contributed by atoms with van der Waals surface area (Å²) in [6.07, 6.45) is 0. The lowest BCUT2D eigenvalue weighted by molar-refractivity contribution is 0.472. The van der Waals surface area contributed by atoms with Crippen LogP contribution in [-0.4, -0.2) is 18.1 Å². The number of hydrogen-bond acceptors (Lipinski definition) is 8. The van der Waals surface area contributed by atoms with Crippen LogP contribution in [0.25, 0.3) is 21.5 Å². The molecule has 0 atom stereocenters. The van der Waals surface area contributed by atoms with Crippen LogP contribution in [0.4, 0.5) is 28.4 Å². The Morgan fingerprint density at radius 2 is 1.33 bits per heavy atom. The third kappa shape index (κ3) is 4.50. The highest BCUT2D eigenvalue weighted by molar-refractivity contribution is 7.86. The zero-order valence-corrected chi connectivity index (χ0v) is 19.5. The molecule has 10 heteroatoms. The fraction of sp³-hybridized carbons (Fsp3) is 0. The van der Waals surface area contributed by atoms with Crippen molar-refractivity contribution >= 4 is 60.1 Å². The van der Waals surface area contributed by atoms with Gasteiger partial charge in [0, 0.05) is 0 Å². The number of anilines is 1. The second-order valence-corrected chi connectivity index (χ2v) is 9.30. The number of nitrogens with zero attached hydrogens (tertiary/aromatic N) is 4. The van der Waals surface area contributed by atoms with Crippen molar-refractivity contribution in [1.82, 2.24) is 0 Å². The van der Waals surface area contributed by atoms with Gasteiger partial charge in [0.2, 0.25) is 0 Å². The molecule has 0 heterocycles. The molecule has 178 valence electrons. The minimum Gasteiger partial charge on any atom is -0.505 e. The molecule has 0 aliphatic rings. The predicted octanol–water partition coefficient (Wildman–Crippen LogP) is 7.36. The second-order valence-electron chi connectivity index (χ2n) is 7.91. The topological polar surface area (TPSA) is 150 Å². The number of hydrogen-bond donors (Lipinski definition) is 3. The summed E-state index contributed by atoms with van der Waals surface area (Å²) in [5.41, 5.74) is 7.22. The molecule has 4 N–H and O–H groups in total. The van der Waals surface area contributed by atoms with E-state index in [1.54, 1.807) is 36.4 Å². The van der Waals surface area contributed by atoms with Gasteiger partial charge in [-0.3, -0.25) is 4.55 Å². The van der Waals surface area contributed by atoms with E-state index in [1.807, 2.05) is 42.5 Å². The first kappa shape index (κ1) is 23.1.